The number of rotatable bonds is 3. The molecule has 0 aromatic heterocycles. The molecule has 12 heavy (non-hydrogen) atoms. The number of nitrogens with two attached hydrogens (primary N) is 1. The van der Waals surface area contributed by atoms with E-state index in [4.69, 9.17) is 5.73 Å². The van der Waals surface area contributed by atoms with Gasteiger partial charge in [-0.3, -0.25) is 0 Å². The van der Waals surface area contributed by atoms with Gasteiger partial charge in [-0.15, -0.1) is 0 Å². The highest BCUT2D eigenvalue weighted by atomic mass is 14.6. The average molecular weight is 162 g/mol. The largest absolute Gasteiger partial charge is 0.327 e. The van der Waals surface area contributed by atoms with E-state index in [2.05, 4.69) is 26.0 Å². The Balaban J connectivity index is 2.71. The van der Waals surface area contributed by atoms with Gasteiger partial charge in [0.2, 0.25) is 0 Å². The van der Waals surface area contributed by atoms with Gasteiger partial charge in [0.05, 0.1) is 0 Å². The van der Waals surface area contributed by atoms with Crippen molar-refractivity contribution in [2.24, 2.45) is 5.73 Å². The predicted octanol–water partition coefficient (Wildman–Crippen LogP) is 2.34. The van der Waals surface area contributed by atoms with Gasteiger partial charge in [0.1, 0.15) is 0 Å². The zero-order chi connectivity index (χ0) is 8.97. The second-order valence-electron chi connectivity index (χ2n) is 3.09. The molecule has 0 amide bonds. The molecule has 1 aromatic rings. The Morgan fingerprint density at radius 3 is 2.42 bits per heavy atom. The molecule has 65 valence electrons. The van der Waals surface area contributed by atoms with Crippen molar-refractivity contribution in [3.8, 4) is 0 Å². The molecule has 2 N–H and O–H groups in total. The minimum absolute atomic E-state index is 0.174. The fraction of sp³-hybridized carbons (Fsp3) is 0.364. The quantitative estimate of drug-likeness (QED) is 0.725. The monoisotopic (exact) mass is 162 g/mol. The molecule has 1 rings (SSSR count). The molecule has 0 aliphatic rings. The summed E-state index contributed by atoms with van der Waals surface area (Å²) in [6, 6.07) is 10.4. The molecular weight excluding hydrogens is 146 g/mol. The van der Waals surface area contributed by atoms with Crippen LogP contribution in [0.25, 0.3) is 0 Å². The van der Waals surface area contributed by atoms with E-state index in [0.717, 1.165) is 6.42 Å². The third-order valence-corrected chi connectivity index (χ3v) is 2.22. The summed E-state index contributed by atoms with van der Waals surface area (Å²) < 4.78 is 0. The van der Waals surface area contributed by atoms with E-state index >= 15 is 0 Å². The lowest BCUT2D eigenvalue weighted by molar-refractivity contribution is 0.587. The van der Waals surface area contributed by atoms with Gasteiger partial charge in [-0.05, 0) is 24.8 Å². The standard InChI is InChI=1S/C11H16N/c1-3-11(12)9(2)10-7-5-4-6-8-10/h4-9,11H,2-3,12H2,1H3. The summed E-state index contributed by atoms with van der Waals surface area (Å²) in [7, 11) is 0. The van der Waals surface area contributed by atoms with Crippen LogP contribution in [0.1, 0.15) is 24.8 Å². The maximum atomic E-state index is 5.89. The smallest absolute Gasteiger partial charge is 0.0105 e. The van der Waals surface area contributed by atoms with Gasteiger partial charge in [-0.25, -0.2) is 0 Å². The summed E-state index contributed by atoms with van der Waals surface area (Å²) in [5.41, 5.74) is 7.11. The van der Waals surface area contributed by atoms with Crippen LogP contribution < -0.4 is 5.73 Å². The fourth-order valence-electron chi connectivity index (χ4n) is 1.23. The first kappa shape index (κ1) is 9.27. The van der Waals surface area contributed by atoms with E-state index < -0.39 is 0 Å². The highest BCUT2D eigenvalue weighted by Crippen LogP contribution is 2.18. The first-order chi connectivity index (χ1) is 5.75. The lowest BCUT2D eigenvalue weighted by Gasteiger charge is -2.18. The summed E-state index contributed by atoms with van der Waals surface area (Å²) >= 11 is 0. The van der Waals surface area contributed by atoms with E-state index in [1.165, 1.54) is 5.56 Å². The highest BCUT2D eigenvalue weighted by Gasteiger charge is 2.11. The van der Waals surface area contributed by atoms with Gasteiger partial charge in [0.15, 0.2) is 0 Å². The molecule has 0 fully saturated rings. The minimum atomic E-state index is 0.174. The Morgan fingerprint density at radius 1 is 1.33 bits per heavy atom. The molecule has 0 bridgehead atoms. The van der Waals surface area contributed by atoms with Crippen molar-refractivity contribution in [3.05, 3.63) is 42.8 Å². The third-order valence-electron chi connectivity index (χ3n) is 2.22. The van der Waals surface area contributed by atoms with Crippen molar-refractivity contribution in [3.63, 3.8) is 0 Å². The van der Waals surface area contributed by atoms with E-state index in [-0.39, 0.29) is 12.0 Å². The van der Waals surface area contributed by atoms with Gasteiger partial charge in [0.25, 0.3) is 0 Å². The second-order valence-corrected chi connectivity index (χ2v) is 3.09. The Hall–Kier alpha value is -0.820. The van der Waals surface area contributed by atoms with Gasteiger partial charge in [0, 0.05) is 6.04 Å². The van der Waals surface area contributed by atoms with Gasteiger partial charge < -0.3 is 5.73 Å². The highest BCUT2D eigenvalue weighted by molar-refractivity contribution is 5.21. The van der Waals surface area contributed by atoms with Crippen molar-refractivity contribution in [1.29, 1.82) is 0 Å². The molecule has 2 atom stereocenters. The summed E-state index contributed by atoms with van der Waals surface area (Å²) in [4.78, 5) is 0. The molecule has 0 aliphatic heterocycles. The van der Waals surface area contributed by atoms with E-state index in [1.807, 2.05) is 18.2 Å². The summed E-state index contributed by atoms with van der Waals surface area (Å²) in [6.45, 7) is 6.14. The lowest BCUT2D eigenvalue weighted by Crippen LogP contribution is -2.25. The molecule has 0 aliphatic carbocycles. The molecule has 1 aromatic carbocycles. The number of hydrogen-bond donors (Lipinski definition) is 1. The van der Waals surface area contributed by atoms with E-state index in [0.29, 0.717) is 0 Å². The topological polar surface area (TPSA) is 26.0 Å². The van der Waals surface area contributed by atoms with Crippen molar-refractivity contribution in [2.75, 3.05) is 0 Å². The molecule has 0 spiro atoms. The molecule has 1 heteroatoms. The predicted molar refractivity (Wildman–Crippen MR) is 52.8 cm³/mol. The molecular formula is C11H16N. The van der Waals surface area contributed by atoms with Crippen LogP contribution in [-0.2, 0) is 0 Å². The third kappa shape index (κ3) is 2.08. The number of benzene rings is 1. The zero-order valence-electron chi connectivity index (χ0n) is 7.53. The summed E-state index contributed by atoms with van der Waals surface area (Å²) in [5.74, 6) is 0.219. The minimum Gasteiger partial charge on any atom is -0.327 e. The second kappa shape index (κ2) is 4.27. The van der Waals surface area contributed by atoms with Gasteiger partial charge in [-0.1, -0.05) is 37.3 Å². The van der Waals surface area contributed by atoms with Crippen molar-refractivity contribution in [2.45, 2.75) is 25.3 Å². The Morgan fingerprint density at radius 2 is 1.92 bits per heavy atom. The van der Waals surface area contributed by atoms with Crippen LogP contribution in [0.2, 0.25) is 0 Å². The Bertz CT molecular complexity index is 218. The van der Waals surface area contributed by atoms with Crippen LogP contribution in [0.15, 0.2) is 30.3 Å². The molecule has 2 unspecified atom stereocenters. The van der Waals surface area contributed by atoms with E-state index in [1.54, 1.807) is 0 Å². The first-order valence-corrected chi connectivity index (χ1v) is 4.39. The van der Waals surface area contributed by atoms with Crippen molar-refractivity contribution >= 4 is 0 Å². The van der Waals surface area contributed by atoms with E-state index in [9.17, 15) is 0 Å². The molecule has 1 radical (unpaired) electrons. The fourth-order valence-corrected chi connectivity index (χ4v) is 1.23. The SMILES string of the molecule is [CH2]C(c1ccccc1)C(N)CC. The van der Waals surface area contributed by atoms with Crippen LogP contribution >= 0.6 is 0 Å². The van der Waals surface area contributed by atoms with Gasteiger partial charge >= 0.3 is 0 Å². The maximum absolute atomic E-state index is 5.89. The summed E-state index contributed by atoms with van der Waals surface area (Å²) in [6.07, 6.45) is 0.975. The van der Waals surface area contributed by atoms with Gasteiger partial charge in [-0.2, -0.15) is 0 Å². The normalized spacial score (nSPS) is 15.6. The molecule has 1 nitrogen and oxygen atoms in total. The molecule has 0 saturated heterocycles. The first-order valence-electron chi connectivity index (χ1n) is 4.39. The zero-order valence-corrected chi connectivity index (χ0v) is 7.53. The van der Waals surface area contributed by atoms with Crippen LogP contribution in [0.5, 0.6) is 0 Å². The molecule has 0 heterocycles. The van der Waals surface area contributed by atoms with Crippen LogP contribution in [0.4, 0.5) is 0 Å². The molecule has 0 saturated carbocycles. The summed E-state index contributed by atoms with van der Waals surface area (Å²) in [5, 5.41) is 0. The maximum Gasteiger partial charge on any atom is 0.0105 e. The Kier molecular flexibility index (Phi) is 3.30. The van der Waals surface area contributed by atoms with Crippen molar-refractivity contribution in [1.82, 2.24) is 0 Å². The average Bonchev–Trinajstić information content (AvgIpc) is 2.17. The Labute approximate surface area is 74.6 Å². The van der Waals surface area contributed by atoms with Crippen LogP contribution in [-0.4, -0.2) is 6.04 Å². The van der Waals surface area contributed by atoms with Crippen LogP contribution in [0, 0.1) is 6.92 Å². The number of hydrogen-bond acceptors (Lipinski definition) is 1. The van der Waals surface area contributed by atoms with Crippen molar-refractivity contribution < 1.29 is 0 Å². The van der Waals surface area contributed by atoms with Crippen LogP contribution in [0.3, 0.4) is 0 Å². The lowest BCUT2D eigenvalue weighted by atomic mass is 9.92.